The molecule has 1 aliphatic carbocycles. The maximum Gasteiger partial charge on any atom is 0.242 e. The predicted molar refractivity (Wildman–Crippen MR) is 86.9 cm³/mol. The molecule has 21 heavy (non-hydrogen) atoms. The van der Waals surface area contributed by atoms with Crippen LogP contribution in [-0.4, -0.2) is 23.4 Å². The number of aryl methyl sites for hydroxylation is 1. The number of rotatable bonds is 3. The van der Waals surface area contributed by atoms with Gasteiger partial charge < -0.3 is 10.6 Å². The van der Waals surface area contributed by atoms with Crippen molar-refractivity contribution in [1.29, 1.82) is 0 Å². The van der Waals surface area contributed by atoms with Gasteiger partial charge in [0.2, 0.25) is 5.91 Å². The van der Waals surface area contributed by atoms with E-state index in [-0.39, 0.29) is 11.9 Å². The molecule has 3 unspecified atom stereocenters. The van der Waals surface area contributed by atoms with Crippen LogP contribution in [0.25, 0.3) is 0 Å². The van der Waals surface area contributed by atoms with E-state index in [0.717, 1.165) is 24.8 Å². The smallest absolute Gasteiger partial charge is 0.242 e. The highest BCUT2D eigenvalue weighted by Gasteiger charge is 2.40. The SMILES string of the molecule is Cc1ccc(C(C)N(C)C(=O)C2(N)CCCC(C)C2)cc1. The summed E-state index contributed by atoms with van der Waals surface area (Å²) in [5.74, 6) is 0.623. The predicted octanol–water partition coefficient (Wildman–Crippen LogP) is 3.42. The van der Waals surface area contributed by atoms with E-state index in [0.29, 0.717) is 5.92 Å². The van der Waals surface area contributed by atoms with E-state index in [1.54, 1.807) is 0 Å². The number of carbonyl (C=O) groups is 1. The Kier molecular flexibility index (Phi) is 4.72. The van der Waals surface area contributed by atoms with E-state index < -0.39 is 5.54 Å². The van der Waals surface area contributed by atoms with Crippen molar-refractivity contribution in [1.82, 2.24) is 4.90 Å². The molecule has 0 spiro atoms. The third kappa shape index (κ3) is 3.46. The molecule has 116 valence electrons. The highest BCUT2D eigenvalue weighted by atomic mass is 16.2. The van der Waals surface area contributed by atoms with Gasteiger partial charge in [-0.2, -0.15) is 0 Å². The number of nitrogens with zero attached hydrogens (tertiary/aromatic N) is 1. The minimum atomic E-state index is -0.675. The topological polar surface area (TPSA) is 46.3 Å². The lowest BCUT2D eigenvalue weighted by Crippen LogP contribution is -2.56. The summed E-state index contributed by atoms with van der Waals surface area (Å²) in [4.78, 5) is 14.7. The lowest BCUT2D eigenvalue weighted by Gasteiger charge is -2.40. The Labute approximate surface area is 128 Å². The van der Waals surface area contributed by atoms with Crippen molar-refractivity contribution in [2.75, 3.05) is 7.05 Å². The number of hydrogen-bond acceptors (Lipinski definition) is 2. The van der Waals surface area contributed by atoms with Crippen molar-refractivity contribution in [3.63, 3.8) is 0 Å². The second kappa shape index (κ2) is 6.18. The Morgan fingerprint density at radius 3 is 2.57 bits per heavy atom. The summed E-state index contributed by atoms with van der Waals surface area (Å²) in [6.07, 6.45) is 3.84. The van der Waals surface area contributed by atoms with Gasteiger partial charge >= 0.3 is 0 Å². The molecule has 0 heterocycles. The molecular formula is C18H28N2O. The molecule has 3 heteroatoms. The number of nitrogens with two attached hydrogens (primary N) is 1. The van der Waals surface area contributed by atoms with E-state index in [2.05, 4.69) is 45.0 Å². The van der Waals surface area contributed by atoms with Gasteiger partial charge in [0.05, 0.1) is 11.6 Å². The van der Waals surface area contributed by atoms with E-state index in [1.807, 2.05) is 11.9 Å². The minimum absolute atomic E-state index is 0.0516. The quantitative estimate of drug-likeness (QED) is 0.926. The first-order chi connectivity index (χ1) is 9.83. The van der Waals surface area contributed by atoms with E-state index >= 15 is 0 Å². The van der Waals surface area contributed by atoms with Crippen LogP contribution in [-0.2, 0) is 4.79 Å². The Morgan fingerprint density at radius 2 is 2.00 bits per heavy atom. The molecule has 2 N–H and O–H groups in total. The van der Waals surface area contributed by atoms with Gasteiger partial charge in [0.25, 0.3) is 0 Å². The van der Waals surface area contributed by atoms with Gasteiger partial charge in [-0.1, -0.05) is 49.6 Å². The van der Waals surface area contributed by atoms with Crippen LogP contribution in [0.15, 0.2) is 24.3 Å². The molecule has 3 atom stereocenters. The highest BCUT2D eigenvalue weighted by Crippen LogP contribution is 2.33. The Hall–Kier alpha value is -1.35. The monoisotopic (exact) mass is 288 g/mol. The normalized spacial score (nSPS) is 27.2. The first-order valence-corrected chi connectivity index (χ1v) is 7.96. The van der Waals surface area contributed by atoms with Gasteiger partial charge in [-0.3, -0.25) is 4.79 Å². The van der Waals surface area contributed by atoms with Gasteiger partial charge in [0.15, 0.2) is 0 Å². The molecule has 1 amide bonds. The molecule has 0 aliphatic heterocycles. The van der Waals surface area contributed by atoms with Crippen molar-refractivity contribution in [3.05, 3.63) is 35.4 Å². The average Bonchev–Trinajstić information content (AvgIpc) is 2.45. The fourth-order valence-corrected chi connectivity index (χ4v) is 3.38. The van der Waals surface area contributed by atoms with Gasteiger partial charge in [0.1, 0.15) is 0 Å². The van der Waals surface area contributed by atoms with E-state index in [4.69, 9.17) is 5.73 Å². The number of amides is 1. The summed E-state index contributed by atoms with van der Waals surface area (Å²) < 4.78 is 0. The molecule has 1 saturated carbocycles. The zero-order chi connectivity index (χ0) is 15.6. The maximum atomic E-state index is 12.8. The Bertz CT molecular complexity index is 496. The van der Waals surface area contributed by atoms with Crippen molar-refractivity contribution >= 4 is 5.91 Å². The third-order valence-electron chi connectivity index (χ3n) is 4.92. The number of hydrogen-bond donors (Lipinski definition) is 1. The van der Waals surface area contributed by atoms with Gasteiger partial charge in [0, 0.05) is 7.05 Å². The molecule has 0 saturated heterocycles. The van der Waals surface area contributed by atoms with Crippen LogP contribution >= 0.6 is 0 Å². The second-order valence-electron chi connectivity index (χ2n) is 6.86. The fraction of sp³-hybridized carbons (Fsp3) is 0.611. The van der Waals surface area contributed by atoms with Crippen LogP contribution in [0.5, 0.6) is 0 Å². The first-order valence-electron chi connectivity index (χ1n) is 7.96. The number of likely N-dealkylation sites (N-methyl/N-ethyl adjacent to an activating group) is 1. The molecule has 0 bridgehead atoms. The van der Waals surface area contributed by atoms with Crippen molar-refractivity contribution in [2.45, 2.75) is 58.0 Å². The van der Waals surface area contributed by atoms with Crippen LogP contribution in [0.2, 0.25) is 0 Å². The standard InChI is InChI=1S/C18H28N2O/c1-13-7-9-16(10-8-13)15(3)20(4)17(21)18(19)11-5-6-14(2)12-18/h7-10,14-15H,5-6,11-12,19H2,1-4H3. The first kappa shape index (κ1) is 16.0. The van der Waals surface area contributed by atoms with E-state index in [9.17, 15) is 4.79 Å². The minimum Gasteiger partial charge on any atom is -0.337 e. The van der Waals surface area contributed by atoms with Crippen LogP contribution in [0.3, 0.4) is 0 Å². The number of carbonyl (C=O) groups excluding carboxylic acids is 1. The summed E-state index contributed by atoms with van der Waals surface area (Å²) in [5, 5.41) is 0. The summed E-state index contributed by atoms with van der Waals surface area (Å²) in [6, 6.07) is 8.42. The Morgan fingerprint density at radius 1 is 1.38 bits per heavy atom. The summed E-state index contributed by atoms with van der Waals surface area (Å²) >= 11 is 0. The van der Waals surface area contributed by atoms with Crippen LogP contribution in [0.1, 0.15) is 56.7 Å². The van der Waals surface area contributed by atoms with Crippen LogP contribution in [0.4, 0.5) is 0 Å². The van der Waals surface area contributed by atoms with Gasteiger partial charge in [-0.05, 0) is 38.2 Å². The molecule has 0 radical (unpaired) electrons. The summed E-state index contributed by atoms with van der Waals surface area (Å²) in [7, 11) is 1.88. The van der Waals surface area contributed by atoms with Crippen molar-refractivity contribution in [2.24, 2.45) is 11.7 Å². The molecule has 3 nitrogen and oxygen atoms in total. The molecule has 1 aliphatic rings. The van der Waals surface area contributed by atoms with Gasteiger partial charge in [-0.25, -0.2) is 0 Å². The van der Waals surface area contributed by atoms with Crippen molar-refractivity contribution < 1.29 is 4.79 Å². The summed E-state index contributed by atoms with van der Waals surface area (Å²) in [5.41, 5.74) is 8.16. The largest absolute Gasteiger partial charge is 0.337 e. The Balaban J connectivity index is 2.12. The lowest BCUT2D eigenvalue weighted by atomic mass is 9.76. The third-order valence-corrected chi connectivity index (χ3v) is 4.92. The average molecular weight is 288 g/mol. The fourth-order valence-electron chi connectivity index (χ4n) is 3.38. The van der Waals surface area contributed by atoms with Crippen LogP contribution in [0, 0.1) is 12.8 Å². The molecule has 1 aromatic rings. The molecule has 1 aromatic carbocycles. The zero-order valence-electron chi connectivity index (χ0n) is 13.7. The lowest BCUT2D eigenvalue weighted by molar-refractivity contribution is -0.139. The molecule has 2 rings (SSSR count). The molecule has 0 aromatic heterocycles. The second-order valence-corrected chi connectivity index (χ2v) is 6.86. The number of benzene rings is 1. The highest BCUT2D eigenvalue weighted by molar-refractivity contribution is 5.86. The summed E-state index contributed by atoms with van der Waals surface area (Å²) in [6.45, 7) is 6.33. The molecule has 1 fully saturated rings. The van der Waals surface area contributed by atoms with Crippen LogP contribution < -0.4 is 5.73 Å². The van der Waals surface area contributed by atoms with Crippen molar-refractivity contribution in [3.8, 4) is 0 Å². The maximum absolute atomic E-state index is 12.8. The van der Waals surface area contributed by atoms with Gasteiger partial charge in [-0.15, -0.1) is 0 Å². The zero-order valence-corrected chi connectivity index (χ0v) is 13.7. The molecular weight excluding hydrogens is 260 g/mol. The van der Waals surface area contributed by atoms with E-state index in [1.165, 1.54) is 12.0 Å².